The van der Waals surface area contributed by atoms with Crippen molar-refractivity contribution in [1.29, 1.82) is 0 Å². The number of aliphatic hydroxyl groups excluding tert-OH is 1. The van der Waals surface area contributed by atoms with E-state index >= 15 is 0 Å². The average Bonchev–Trinajstić information content (AvgIpc) is 2.99. The highest BCUT2D eigenvalue weighted by Crippen LogP contribution is 2.39. The fraction of sp³-hybridized carbons (Fsp3) is 0.238. The molecule has 1 aliphatic rings. The Labute approximate surface area is 167 Å². The Balaban J connectivity index is 2.10. The number of rotatable bonds is 7. The number of likely N-dealkylation sites (tertiary alicyclic amines) is 1. The van der Waals surface area contributed by atoms with E-state index in [0.29, 0.717) is 24.2 Å². The Morgan fingerprint density at radius 3 is 2.38 bits per heavy atom. The number of carbonyl (C=O) groups excluding carboxylic acids is 2. The fourth-order valence-electron chi connectivity index (χ4n) is 3.37. The van der Waals surface area contributed by atoms with Crippen molar-refractivity contribution < 1.29 is 24.4 Å². The van der Waals surface area contributed by atoms with Crippen molar-refractivity contribution in [3.8, 4) is 0 Å². The molecule has 150 valence electrons. The van der Waals surface area contributed by atoms with Gasteiger partial charge >= 0.3 is 0 Å². The second-order valence-electron chi connectivity index (χ2n) is 6.55. The van der Waals surface area contributed by atoms with Gasteiger partial charge in [-0.25, -0.2) is 0 Å². The van der Waals surface area contributed by atoms with Gasteiger partial charge in [0.25, 0.3) is 17.4 Å². The van der Waals surface area contributed by atoms with Crippen LogP contribution in [0.5, 0.6) is 0 Å². The monoisotopic (exact) mass is 396 g/mol. The molecule has 1 saturated heterocycles. The van der Waals surface area contributed by atoms with Gasteiger partial charge in [-0.05, 0) is 24.1 Å². The zero-order valence-electron chi connectivity index (χ0n) is 15.8. The molecule has 0 aliphatic carbocycles. The first-order valence-corrected chi connectivity index (χ1v) is 9.02. The number of nitro benzene ring substituents is 1. The predicted octanol–water partition coefficient (Wildman–Crippen LogP) is 3.05. The third-order valence-electron chi connectivity index (χ3n) is 4.75. The van der Waals surface area contributed by atoms with Crippen LogP contribution in [0.1, 0.15) is 23.6 Å². The highest BCUT2D eigenvalue weighted by atomic mass is 16.6. The maximum absolute atomic E-state index is 12.8. The number of amides is 1. The third-order valence-corrected chi connectivity index (χ3v) is 4.75. The summed E-state index contributed by atoms with van der Waals surface area (Å²) in [6.45, 7) is 0.639. The molecule has 0 aromatic heterocycles. The number of hydrogen-bond donors (Lipinski definition) is 1. The number of nitro groups is 1. The number of aliphatic hydroxyl groups is 1. The molecule has 0 unspecified atom stereocenters. The highest BCUT2D eigenvalue weighted by molar-refractivity contribution is 6.46. The largest absolute Gasteiger partial charge is 0.507 e. The fourth-order valence-corrected chi connectivity index (χ4v) is 3.37. The topological polar surface area (TPSA) is 110 Å². The first-order chi connectivity index (χ1) is 14.0. The standard InChI is InChI=1S/C21H20N2O6/c1-29-13-5-12-22-18(14-8-10-16(11-9-14)23(27)28)17(20(25)21(22)26)19(24)15-6-3-2-4-7-15/h2-4,6-11,18,24H,5,12-13H2,1H3/b19-17+/t18-/m0/s1. The van der Waals surface area contributed by atoms with Crippen LogP contribution in [0, 0.1) is 10.1 Å². The number of ether oxygens (including phenoxy) is 1. The first kappa shape index (κ1) is 20.2. The van der Waals surface area contributed by atoms with Gasteiger partial charge in [-0.3, -0.25) is 19.7 Å². The molecule has 1 N–H and O–H groups in total. The van der Waals surface area contributed by atoms with Crippen molar-refractivity contribution in [1.82, 2.24) is 4.90 Å². The van der Waals surface area contributed by atoms with Crippen LogP contribution in [-0.2, 0) is 14.3 Å². The predicted molar refractivity (Wildman–Crippen MR) is 105 cm³/mol. The van der Waals surface area contributed by atoms with E-state index in [1.165, 1.54) is 36.3 Å². The minimum Gasteiger partial charge on any atom is -0.507 e. The number of nitrogens with zero attached hydrogens (tertiary/aromatic N) is 2. The molecule has 1 atom stereocenters. The Morgan fingerprint density at radius 2 is 1.79 bits per heavy atom. The lowest BCUT2D eigenvalue weighted by Crippen LogP contribution is -2.31. The van der Waals surface area contributed by atoms with Crippen LogP contribution in [0.2, 0.25) is 0 Å². The number of non-ortho nitro benzene ring substituents is 1. The summed E-state index contributed by atoms with van der Waals surface area (Å²) in [4.78, 5) is 37.3. The molecule has 0 radical (unpaired) electrons. The van der Waals surface area contributed by atoms with E-state index in [4.69, 9.17) is 4.74 Å². The van der Waals surface area contributed by atoms with E-state index in [1.54, 1.807) is 30.3 Å². The molecule has 2 aromatic rings. The Bertz CT molecular complexity index is 953. The average molecular weight is 396 g/mol. The van der Waals surface area contributed by atoms with Crippen LogP contribution < -0.4 is 0 Å². The molecule has 2 aromatic carbocycles. The van der Waals surface area contributed by atoms with Crippen LogP contribution in [-0.4, -0.2) is 46.9 Å². The summed E-state index contributed by atoms with van der Waals surface area (Å²) < 4.78 is 5.03. The zero-order valence-corrected chi connectivity index (χ0v) is 15.8. The minimum atomic E-state index is -0.840. The molecular formula is C21H20N2O6. The van der Waals surface area contributed by atoms with Crippen LogP contribution in [0.3, 0.4) is 0 Å². The lowest BCUT2D eigenvalue weighted by molar-refractivity contribution is -0.384. The van der Waals surface area contributed by atoms with Crippen molar-refractivity contribution in [3.05, 3.63) is 81.4 Å². The SMILES string of the molecule is COCCCN1C(=O)C(=O)/C(=C(/O)c2ccccc2)[C@@H]1c1ccc([N+](=O)[O-])cc1. The summed E-state index contributed by atoms with van der Waals surface area (Å²) in [6.07, 6.45) is 0.498. The van der Waals surface area contributed by atoms with Gasteiger partial charge < -0.3 is 14.7 Å². The lowest BCUT2D eigenvalue weighted by Gasteiger charge is -2.25. The molecule has 8 heteroatoms. The summed E-state index contributed by atoms with van der Waals surface area (Å²) in [6, 6.07) is 13.3. The molecule has 0 bridgehead atoms. The maximum atomic E-state index is 12.8. The molecule has 0 saturated carbocycles. The second-order valence-corrected chi connectivity index (χ2v) is 6.55. The Morgan fingerprint density at radius 1 is 1.14 bits per heavy atom. The highest BCUT2D eigenvalue weighted by Gasteiger charge is 2.45. The molecule has 1 aliphatic heterocycles. The first-order valence-electron chi connectivity index (χ1n) is 9.02. The van der Waals surface area contributed by atoms with Crippen molar-refractivity contribution in [2.45, 2.75) is 12.5 Å². The van der Waals surface area contributed by atoms with Gasteiger partial charge in [-0.1, -0.05) is 30.3 Å². The number of benzene rings is 2. The molecule has 1 amide bonds. The summed E-state index contributed by atoms with van der Waals surface area (Å²) in [5, 5.41) is 21.8. The molecular weight excluding hydrogens is 376 g/mol. The van der Waals surface area contributed by atoms with Gasteiger partial charge in [0.1, 0.15) is 5.76 Å². The molecule has 1 heterocycles. The van der Waals surface area contributed by atoms with E-state index in [-0.39, 0.29) is 23.6 Å². The van der Waals surface area contributed by atoms with E-state index < -0.39 is 22.7 Å². The van der Waals surface area contributed by atoms with Gasteiger partial charge in [0.15, 0.2) is 0 Å². The number of ketones is 1. The zero-order chi connectivity index (χ0) is 21.0. The minimum absolute atomic E-state index is 0.0348. The molecule has 0 spiro atoms. The summed E-state index contributed by atoms with van der Waals surface area (Å²) in [5.41, 5.74) is 0.777. The van der Waals surface area contributed by atoms with Gasteiger partial charge in [0.05, 0.1) is 16.5 Å². The summed E-state index contributed by atoms with van der Waals surface area (Å²) in [7, 11) is 1.54. The van der Waals surface area contributed by atoms with Gasteiger partial charge in [-0.2, -0.15) is 0 Å². The maximum Gasteiger partial charge on any atom is 0.295 e. The van der Waals surface area contributed by atoms with Crippen molar-refractivity contribution >= 4 is 23.1 Å². The number of Topliss-reactive ketones (excluding diaryl/α,β-unsaturated/α-hetero) is 1. The van der Waals surface area contributed by atoms with E-state index in [1.807, 2.05) is 0 Å². The number of carbonyl (C=O) groups is 2. The summed E-state index contributed by atoms with van der Waals surface area (Å²) >= 11 is 0. The van der Waals surface area contributed by atoms with E-state index in [2.05, 4.69) is 0 Å². The van der Waals surface area contributed by atoms with Crippen molar-refractivity contribution in [2.75, 3.05) is 20.3 Å². The van der Waals surface area contributed by atoms with Crippen LogP contribution in [0.25, 0.3) is 5.76 Å². The molecule has 8 nitrogen and oxygen atoms in total. The summed E-state index contributed by atoms with van der Waals surface area (Å²) in [5.74, 6) is -1.78. The van der Waals surface area contributed by atoms with Crippen LogP contribution in [0.15, 0.2) is 60.2 Å². The normalized spacial score (nSPS) is 18.2. The molecule has 3 rings (SSSR count). The third kappa shape index (κ3) is 4.02. The van der Waals surface area contributed by atoms with Gasteiger partial charge in [0.2, 0.25) is 0 Å². The van der Waals surface area contributed by atoms with Gasteiger partial charge in [0, 0.05) is 38.0 Å². The van der Waals surface area contributed by atoms with E-state index in [9.17, 15) is 24.8 Å². The smallest absolute Gasteiger partial charge is 0.295 e. The van der Waals surface area contributed by atoms with Gasteiger partial charge in [-0.15, -0.1) is 0 Å². The van der Waals surface area contributed by atoms with Crippen molar-refractivity contribution in [2.24, 2.45) is 0 Å². The van der Waals surface area contributed by atoms with Crippen LogP contribution in [0.4, 0.5) is 5.69 Å². The molecule has 1 fully saturated rings. The van der Waals surface area contributed by atoms with Crippen LogP contribution >= 0.6 is 0 Å². The quantitative estimate of drug-likeness (QED) is 0.192. The Hall–Kier alpha value is -3.52. The second kappa shape index (κ2) is 8.66. The molecule has 29 heavy (non-hydrogen) atoms. The Kier molecular flexibility index (Phi) is 6.04. The lowest BCUT2D eigenvalue weighted by atomic mass is 9.95. The van der Waals surface area contributed by atoms with Crippen molar-refractivity contribution in [3.63, 3.8) is 0 Å². The number of methoxy groups -OCH3 is 1. The number of hydrogen-bond acceptors (Lipinski definition) is 6. The van der Waals surface area contributed by atoms with E-state index in [0.717, 1.165) is 0 Å².